The number of pyridine rings is 1. The molecule has 3 rings (SSSR count). The van der Waals surface area contributed by atoms with Gasteiger partial charge in [0.2, 0.25) is 0 Å². The first-order valence-corrected chi connectivity index (χ1v) is 8.86. The molecule has 0 spiro atoms. The van der Waals surface area contributed by atoms with Crippen molar-refractivity contribution in [2.24, 2.45) is 0 Å². The van der Waals surface area contributed by atoms with Gasteiger partial charge in [-0.1, -0.05) is 12.1 Å². The molecule has 1 amide bonds. The highest BCUT2D eigenvalue weighted by atomic mass is 16.5. The molecule has 5 nitrogen and oxygen atoms in total. The number of carbonyl (C=O) groups excluding carboxylic acids is 1. The summed E-state index contributed by atoms with van der Waals surface area (Å²) in [5.41, 5.74) is 4.32. The molecule has 0 saturated carbocycles. The Kier molecular flexibility index (Phi) is 5.71. The van der Waals surface area contributed by atoms with E-state index in [4.69, 9.17) is 4.74 Å². The van der Waals surface area contributed by atoms with Gasteiger partial charge in [-0.05, 0) is 67.9 Å². The van der Waals surface area contributed by atoms with Crippen LogP contribution in [0.1, 0.15) is 23.0 Å². The van der Waals surface area contributed by atoms with E-state index in [2.05, 4.69) is 47.2 Å². The van der Waals surface area contributed by atoms with Crippen LogP contribution in [0.15, 0.2) is 66.9 Å². The molecule has 5 heteroatoms. The summed E-state index contributed by atoms with van der Waals surface area (Å²) in [5, 5.41) is 2.84. The van der Waals surface area contributed by atoms with E-state index in [-0.39, 0.29) is 5.91 Å². The summed E-state index contributed by atoms with van der Waals surface area (Å²) >= 11 is 0. The number of amides is 1. The molecular weight excluding hydrogens is 338 g/mol. The Hall–Kier alpha value is -3.34. The van der Waals surface area contributed by atoms with Crippen LogP contribution >= 0.6 is 0 Å². The normalized spacial score (nSPS) is 10.3. The lowest BCUT2D eigenvalue weighted by atomic mass is 10.2. The van der Waals surface area contributed by atoms with Crippen molar-refractivity contribution in [2.45, 2.75) is 13.8 Å². The molecule has 0 unspecified atom stereocenters. The van der Waals surface area contributed by atoms with Crippen molar-refractivity contribution in [3.8, 4) is 5.75 Å². The number of ether oxygens (including phenoxy) is 1. The maximum Gasteiger partial charge on any atom is 0.274 e. The van der Waals surface area contributed by atoms with Crippen molar-refractivity contribution in [2.75, 3.05) is 23.9 Å². The Bertz CT molecular complexity index is 906. The number of rotatable bonds is 6. The molecule has 27 heavy (non-hydrogen) atoms. The van der Waals surface area contributed by atoms with Gasteiger partial charge >= 0.3 is 0 Å². The Balaban J connectivity index is 1.74. The van der Waals surface area contributed by atoms with Crippen LogP contribution in [0.25, 0.3) is 0 Å². The lowest BCUT2D eigenvalue weighted by molar-refractivity contribution is 0.102. The highest BCUT2D eigenvalue weighted by Crippen LogP contribution is 2.25. The van der Waals surface area contributed by atoms with Crippen molar-refractivity contribution in [1.82, 2.24) is 4.98 Å². The smallest absolute Gasteiger partial charge is 0.274 e. The third kappa shape index (κ3) is 4.44. The number of anilines is 3. The van der Waals surface area contributed by atoms with Crippen molar-refractivity contribution >= 4 is 23.0 Å². The molecule has 0 bridgehead atoms. The average Bonchev–Trinajstić information content (AvgIpc) is 2.70. The molecule has 3 aromatic rings. The lowest BCUT2D eigenvalue weighted by Gasteiger charge is -2.23. The zero-order valence-corrected chi connectivity index (χ0v) is 15.8. The van der Waals surface area contributed by atoms with E-state index in [1.165, 1.54) is 5.56 Å². The molecule has 0 aliphatic carbocycles. The summed E-state index contributed by atoms with van der Waals surface area (Å²) in [6.07, 6.45) is 1.73. The molecule has 138 valence electrons. The summed E-state index contributed by atoms with van der Waals surface area (Å²) in [7, 11) is 1.61. The summed E-state index contributed by atoms with van der Waals surface area (Å²) in [6.45, 7) is 4.97. The van der Waals surface area contributed by atoms with E-state index in [1.54, 1.807) is 43.6 Å². The van der Waals surface area contributed by atoms with Gasteiger partial charge in [-0.3, -0.25) is 4.79 Å². The van der Waals surface area contributed by atoms with Crippen LogP contribution in [0.3, 0.4) is 0 Å². The van der Waals surface area contributed by atoms with Gasteiger partial charge in [0, 0.05) is 17.9 Å². The fourth-order valence-corrected chi connectivity index (χ4v) is 2.86. The summed E-state index contributed by atoms with van der Waals surface area (Å²) < 4.78 is 5.12. The number of hydrogen-bond acceptors (Lipinski definition) is 4. The third-order valence-corrected chi connectivity index (χ3v) is 4.27. The predicted octanol–water partition coefficient (Wildman–Crippen LogP) is 4.81. The summed E-state index contributed by atoms with van der Waals surface area (Å²) in [4.78, 5) is 18.9. The van der Waals surface area contributed by atoms with Crippen molar-refractivity contribution in [1.29, 1.82) is 0 Å². The first kappa shape index (κ1) is 18.5. The summed E-state index contributed by atoms with van der Waals surface area (Å²) in [5.74, 6) is 0.497. The van der Waals surface area contributed by atoms with Crippen molar-refractivity contribution < 1.29 is 9.53 Å². The maximum atomic E-state index is 12.4. The summed E-state index contributed by atoms with van der Waals surface area (Å²) in [6, 6.07) is 19.2. The fourth-order valence-electron chi connectivity index (χ4n) is 2.86. The fraction of sp³-hybridized carbons (Fsp3) is 0.182. The average molecular weight is 361 g/mol. The van der Waals surface area contributed by atoms with Crippen LogP contribution in [-0.4, -0.2) is 24.5 Å². The van der Waals surface area contributed by atoms with E-state index in [0.29, 0.717) is 11.4 Å². The van der Waals surface area contributed by atoms with E-state index < -0.39 is 0 Å². The monoisotopic (exact) mass is 361 g/mol. The first-order chi connectivity index (χ1) is 13.1. The molecular formula is C22H23N3O2. The van der Waals surface area contributed by atoms with Crippen molar-refractivity contribution in [3.05, 3.63) is 78.1 Å². The number of hydrogen-bond donors (Lipinski definition) is 1. The van der Waals surface area contributed by atoms with Gasteiger partial charge in [0.05, 0.1) is 19.0 Å². The van der Waals surface area contributed by atoms with E-state index in [0.717, 1.165) is 23.7 Å². The quantitative estimate of drug-likeness (QED) is 0.685. The third-order valence-electron chi connectivity index (χ3n) is 4.27. The molecule has 1 N–H and O–H groups in total. The number of nitrogens with one attached hydrogen (secondary N) is 1. The Morgan fingerprint density at radius 1 is 1.07 bits per heavy atom. The zero-order chi connectivity index (χ0) is 19.2. The predicted molar refractivity (Wildman–Crippen MR) is 109 cm³/mol. The molecule has 0 radical (unpaired) electrons. The molecule has 1 heterocycles. The molecule has 2 aromatic carbocycles. The van der Waals surface area contributed by atoms with Gasteiger partial charge in [-0.15, -0.1) is 0 Å². The molecule has 1 aromatic heterocycles. The van der Waals surface area contributed by atoms with Gasteiger partial charge in [-0.25, -0.2) is 4.98 Å². The topological polar surface area (TPSA) is 54.5 Å². The Morgan fingerprint density at radius 3 is 2.44 bits per heavy atom. The number of aryl methyl sites for hydroxylation is 1. The largest absolute Gasteiger partial charge is 0.497 e. The molecule has 0 aliphatic heterocycles. The van der Waals surface area contributed by atoms with Gasteiger partial charge in [0.25, 0.3) is 5.91 Å². The van der Waals surface area contributed by atoms with Gasteiger partial charge in [0.15, 0.2) is 0 Å². The van der Waals surface area contributed by atoms with E-state index >= 15 is 0 Å². The molecule has 0 saturated heterocycles. The van der Waals surface area contributed by atoms with E-state index in [1.807, 2.05) is 12.1 Å². The van der Waals surface area contributed by atoms with Crippen LogP contribution in [0.2, 0.25) is 0 Å². The van der Waals surface area contributed by atoms with Gasteiger partial charge < -0.3 is 15.0 Å². The van der Waals surface area contributed by atoms with Gasteiger partial charge in [0.1, 0.15) is 11.4 Å². The Morgan fingerprint density at radius 2 is 1.85 bits per heavy atom. The minimum absolute atomic E-state index is 0.245. The standard InChI is InChI=1S/C22H23N3O2/c1-4-25(18-7-5-6-16(2)14-18)19-10-13-21(23-15-19)22(26)24-17-8-11-20(27-3)12-9-17/h5-15H,4H2,1-3H3,(H,24,26). The highest BCUT2D eigenvalue weighted by molar-refractivity contribution is 6.03. The minimum atomic E-state index is -0.245. The number of nitrogens with zero attached hydrogens (tertiary/aromatic N) is 2. The number of benzene rings is 2. The van der Waals surface area contributed by atoms with Crippen LogP contribution in [-0.2, 0) is 0 Å². The number of aromatic nitrogens is 1. The van der Waals surface area contributed by atoms with Crippen LogP contribution in [0.4, 0.5) is 17.1 Å². The first-order valence-electron chi connectivity index (χ1n) is 8.86. The molecule has 0 atom stereocenters. The van der Waals surface area contributed by atoms with Crippen LogP contribution in [0.5, 0.6) is 5.75 Å². The van der Waals surface area contributed by atoms with Crippen LogP contribution < -0.4 is 15.0 Å². The number of carbonyl (C=O) groups is 1. The highest BCUT2D eigenvalue weighted by Gasteiger charge is 2.11. The maximum absolute atomic E-state index is 12.4. The van der Waals surface area contributed by atoms with Crippen molar-refractivity contribution in [3.63, 3.8) is 0 Å². The second-order valence-corrected chi connectivity index (χ2v) is 6.17. The van der Waals surface area contributed by atoms with E-state index in [9.17, 15) is 4.79 Å². The lowest BCUT2D eigenvalue weighted by Crippen LogP contribution is -2.18. The Labute approximate surface area is 159 Å². The number of methoxy groups -OCH3 is 1. The molecule has 0 fully saturated rings. The second kappa shape index (κ2) is 8.36. The SMILES string of the molecule is CCN(c1ccc(C(=O)Nc2ccc(OC)cc2)nc1)c1cccc(C)c1. The zero-order valence-electron chi connectivity index (χ0n) is 15.8. The van der Waals surface area contributed by atoms with Gasteiger partial charge in [-0.2, -0.15) is 0 Å². The second-order valence-electron chi connectivity index (χ2n) is 6.17. The van der Waals surface area contributed by atoms with Crippen LogP contribution in [0, 0.1) is 6.92 Å². The minimum Gasteiger partial charge on any atom is -0.497 e. The molecule has 0 aliphatic rings.